The molecule has 0 unspecified atom stereocenters. The van der Waals surface area contributed by atoms with Crippen molar-refractivity contribution in [2.45, 2.75) is 18.3 Å². The first-order valence-electron chi connectivity index (χ1n) is 7.41. The normalized spacial score (nSPS) is 17.2. The predicted octanol–water partition coefficient (Wildman–Crippen LogP) is 3.96. The van der Waals surface area contributed by atoms with E-state index in [9.17, 15) is 9.90 Å². The number of carboxylic acid groups (broad SMARTS) is 1. The molecule has 0 aromatic heterocycles. The van der Waals surface area contributed by atoms with E-state index in [0.29, 0.717) is 17.9 Å². The summed E-state index contributed by atoms with van der Waals surface area (Å²) in [4.78, 5) is 14.2. The molecule has 22 heavy (non-hydrogen) atoms. The van der Waals surface area contributed by atoms with Gasteiger partial charge in [-0.1, -0.05) is 41.9 Å². The number of hydrogen-bond acceptors (Lipinski definition) is 2. The first-order valence-corrected chi connectivity index (χ1v) is 7.79. The number of rotatable bonds is 3. The molecule has 1 fully saturated rings. The SMILES string of the molecule is O=C(O)C1(c2ccc(Cl)cc2)CCN(c2ccccc2)CC1. The first kappa shape index (κ1) is 14.9. The molecular formula is C18H18ClNO2. The maximum Gasteiger partial charge on any atom is 0.314 e. The number of halogens is 1. The maximum atomic E-state index is 12.0. The summed E-state index contributed by atoms with van der Waals surface area (Å²) in [6.07, 6.45) is 1.19. The fourth-order valence-corrected chi connectivity index (χ4v) is 3.31. The first-order chi connectivity index (χ1) is 10.6. The molecule has 4 heteroatoms. The van der Waals surface area contributed by atoms with E-state index in [2.05, 4.69) is 17.0 Å². The highest BCUT2D eigenvalue weighted by molar-refractivity contribution is 6.30. The maximum absolute atomic E-state index is 12.0. The largest absolute Gasteiger partial charge is 0.481 e. The van der Waals surface area contributed by atoms with Gasteiger partial charge in [0.05, 0.1) is 5.41 Å². The summed E-state index contributed by atoms with van der Waals surface area (Å²) in [6, 6.07) is 17.4. The van der Waals surface area contributed by atoms with Crippen LogP contribution in [0.15, 0.2) is 54.6 Å². The molecule has 0 amide bonds. The Kier molecular flexibility index (Phi) is 4.08. The Hall–Kier alpha value is -2.00. The van der Waals surface area contributed by atoms with Crippen LogP contribution in [0.5, 0.6) is 0 Å². The van der Waals surface area contributed by atoms with Gasteiger partial charge in [0.1, 0.15) is 0 Å². The zero-order valence-corrected chi connectivity index (χ0v) is 13.0. The molecule has 1 N–H and O–H groups in total. The Balaban J connectivity index is 1.84. The number of benzene rings is 2. The lowest BCUT2D eigenvalue weighted by molar-refractivity contribution is -0.144. The van der Waals surface area contributed by atoms with E-state index < -0.39 is 11.4 Å². The second-order valence-corrected chi connectivity index (χ2v) is 6.15. The highest BCUT2D eigenvalue weighted by atomic mass is 35.5. The second kappa shape index (κ2) is 6.01. The fourth-order valence-electron chi connectivity index (χ4n) is 3.18. The zero-order chi connectivity index (χ0) is 15.6. The van der Waals surface area contributed by atoms with Crippen LogP contribution in [0.4, 0.5) is 5.69 Å². The highest BCUT2D eigenvalue weighted by Gasteiger charge is 2.43. The molecule has 0 aliphatic carbocycles. The van der Waals surface area contributed by atoms with Gasteiger partial charge in [-0.25, -0.2) is 0 Å². The van der Waals surface area contributed by atoms with Crippen molar-refractivity contribution in [3.8, 4) is 0 Å². The third-order valence-corrected chi connectivity index (χ3v) is 4.80. The third kappa shape index (κ3) is 2.69. The van der Waals surface area contributed by atoms with E-state index in [1.807, 2.05) is 30.3 Å². The summed E-state index contributed by atoms with van der Waals surface area (Å²) in [6.45, 7) is 1.47. The van der Waals surface area contributed by atoms with Crippen molar-refractivity contribution in [1.82, 2.24) is 0 Å². The van der Waals surface area contributed by atoms with Gasteiger partial charge in [0.25, 0.3) is 0 Å². The van der Waals surface area contributed by atoms with Crippen LogP contribution in [0, 0.1) is 0 Å². The molecule has 0 spiro atoms. The van der Waals surface area contributed by atoms with Crippen LogP contribution in [-0.2, 0) is 10.2 Å². The molecule has 3 nitrogen and oxygen atoms in total. The number of carbonyl (C=O) groups is 1. The number of nitrogens with zero attached hydrogens (tertiary/aromatic N) is 1. The van der Waals surface area contributed by atoms with Gasteiger partial charge < -0.3 is 10.0 Å². The minimum absolute atomic E-state index is 0.596. The van der Waals surface area contributed by atoms with E-state index in [-0.39, 0.29) is 0 Å². The van der Waals surface area contributed by atoms with Crippen LogP contribution in [-0.4, -0.2) is 24.2 Å². The van der Waals surface area contributed by atoms with Gasteiger partial charge in [-0.2, -0.15) is 0 Å². The van der Waals surface area contributed by atoms with Gasteiger partial charge in [-0.05, 0) is 42.7 Å². The molecule has 3 rings (SSSR count). The van der Waals surface area contributed by atoms with Gasteiger partial charge in [0.15, 0.2) is 0 Å². The van der Waals surface area contributed by atoms with Gasteiger partial charge in [0, 0.05) is 23.8 Å². The molecule has 1 aliphatic rings. The number of para-hydroxylation sites is 1. The van der Waals surface area contributed by atoms with Crippen LogP contribution in [0.2, 0.25) is 5.02 Å². The van der Waals surface area contributed by atoms with Crippen LogP contribution in [0.25, 0.3) is 0 Å². The van der Waals surface area contributed by atoms with Crippen LogP contribution < -0.4 is 4.90 Å². The minimum Gasteiger partial charge on any atom is -0.481 e. The summed E-state index contributed by atoms with van der Waals surface area (Å²) >= 11 is 5.92. The molecule has 1 heterocycles. The topological polar surface area (TPSA) is 40.5 Å². The number of piperidine rings is 1. The van der Waals surface area contributed by atoms with Crippen molar-refractivity contribution in [2.75, 3.05) is 18.0 Å². The molecule has 0 radical (unpaired) electrons. The average Bonchev–Trinajstić information content (AvgIpc) is 2.56. The summed E-state index contributed by atoms with van der Waals surface area (Å²) in [5.41, 5.74) is 1.19. The quantitative estimate of drug-likeness (QED) is 0.932. The molecule has 2 aromatic rings. The Bertz CT molecular complexity index is 647. The molecule has 114 valence electrons. The predicted molar refractivity (Wildman–Crippen MR) is 88.7 cm³/mol. The molecule has 1 saturated heterocycles. The number of aliphatic carboxylic acids is 1. The molecule has 2 aromatic carbocycles. The Morgan fingerprint density at radius 3 is 2.14 bits per heavy atom. The Morgan fingerprint density at radius 2 is 1.59 bits per heavy atom. The lowest BCUT2D eigenvalue weighted by Crippen LogP contribution is -2.47. The van der Waals surface area contributed by atoms with Gasteiger partial charge in [-0.15, -0.1) is 0 Å². The summed E-state index contributed by atoms with van der Waals surface area (Å²) in [7, 11) is 0. The standard InChI is InChI=1S/C18H18ClNO2/c19-15-8-6-14(7-9-15)18(17(21)22)10-12-20(13-11-18)16-4-2-1-3-5-16/h1-9H,10-13H2,(H,21,22). The van der Waals surface area contributed by atoms with Gasteiger partial charge in [-0.3, -0.25) is 4.79 Å². The van der Waals surface area contributed by atoms with Crippen molar-refractivity contribution in [1.29, 1.82) is 0 Å². The van der Waals surface area contributed by atoms with Crippen molar-refractivity contribution in [2.24, 2.45) is 0 Å². The lowest BCUT2D eigenvalue weighted by atomic mass is 9.72. The Morgan fingerprint density at radius 1 is 1.00 bits per heavy atom. The molecule has 1 aliphatic heterocycles. The van der Waals surface area contributed by atoms with E-state index in [0.717, 1.165) is 24.3 Å². The summed E-state index contributed by atoms with van der Waals surface area (Å²) < 4.78 is 0. The molecule has 0 saturated carbocycles. The second-order valence-electron chi connectivity index (χ2n) is 5.72. The van der Waals surface area contributed by atoms with Crippen molar-refractivity contribution in [3.05, 3.63) is 65.2 Å². The Labute approximate surface area is 135 Å². The minimum atomic E-state index is -0.810. The third-order valence-electron chi connectivity index (χ3n) is 4.54. The summed E-state index contributed by atoms with van der Waals surface area (Å²) in [5, 5.41) is 10.4. The number of anilines is 1. The van der Waals surface area contributed by atoms with Crippen LogP contribution in [0.3, 0.4) is 0 Å². The molecular weight excluding hydrogens is 298 g/mol. The smallest absolute Gasteiger partial charge is 0.314 e. The fraction of sp³-hybridized carbons (Fsp3) is 0.278. The van der Waals surface area contributed by atoms with Crippen molar-refractivity contribution in [3.63, 3.8) is 0 Å². The highest BCUT2D eigenvalue weighted by Crippen LogP contribution is 2.37. The van der Waals surface area contributed by atoms with E-state index in [1.54, 1.807) is 12.1 Å². The lowest BCUT2D eigenvalue weighted by Gasteiger charge is -2.40. The van der Waals surface area contributed by atoms with Gasteiger partial charge in [0.2, 0.25) is 0 Å². The van der Waals surface area contributed by atoms with Crippen molar-refractivity contribution < 1.29 is 9.90 Å². The van der Waals surface area contributed by atoms with Crippen molar-refractivity contribution >= 4 is 23.3 Å². The van der Waals surface area contributed by atoms with Crippen LogP contribution >= 0.6 is 11.6 Å². The monoisotopic (exact) mass is 315 g/mol. The van der Waals surface area contributed by atoms with Gasteiger partial charge >= 0.3 is 5.97 Å². The number of carboxylic acids is 1. The number of hydrogen-bond donors (Lipinski definition) is 1. The molecule has 0 atom stereocenters. The van der Waals surface area contributed by atoms with Crippen LogP contribution in [0.1, 0.15) is 18.4 Å². The molecule has 0 bridgehead atoms. The summed E-state index contributed by atoms with van der Waals surface area (Å²) in [5.74, 6) is -0.748. The average molecular weight is 316 g/mol. The zero-order valence-electron chi connectivity index (χ0n) is 12.2. The van der Waals surface area contributed by atoms with E-state index in [4.69, 9.17) is 11.6 Å². The van der Waals surface area contributed by atoms with E-state index >= 15 is 0 Å². The van der Waals surface area contributed by atoms with E-state index in [1.165, 1.54) is 0 Å².